The second-order valence-electron chi connectivity index (χ2n) is 6.97. The van der Waals surface area contributed by atoms with E-state index >= 15 is 0 Å². The predicted molar refractivity (Wildman–Crippen MR) is 126 cm³/mol. The van der Waals surface area contributed by atoms with Gasteiger partial charge in [0.1, 0.15) is 12.2 Å². The van der Waals surface area contributed by atoms with Crippen LogP contribution in [0.2, 0.25) is 0 Å². The molecule has 0 amide bonds. The summed E-state index contributed by atoms with van der Waals surface area (Å²) in [5, 5.41) is 59.3. The zero-order valence-electron chi connectivity index (χ0n) is 19.5. The normalized spacial score (nSPS) is 10.1. The first-order valence-corrected chi connectivity index (χ1v) is 9.99. The lowest BCUT2D eigenvalue weighted by Gasteiger charge is -2.21. The van der Waals surface area contributed by atoms with E-state index in [4.69, 9.17) is 9.90 Å². The molecular weight excluding hydrogens is 542 g/mol. The number of nitro benzene ring substituents is 3. The first-order chi connectivity index (χ1) is 17.6. The number of phenolic OH excluding ortho intramolecular Hbond substituents is 3. The van der Waals surface area contributed by atoms with Crippen molar-refractivity contribution in [1.82, 2.24) is 0 Å². The van der Waals surface area contributed by atoms with Crippen molar-refractivity contribution < 1.29 is 52.8 Å². The Kier molecular flexibility index (Phi) is 12.4. The van der Waals surface area contributed by atoms with Crippen molar-refractivity contribution in [3.8, 4) is 17.2 Å². The minimum absolute atomic E-state index is 0. The summed E-state index contributed by atoms with van der Waals surface area (Å²) in [6.07, 6.45) is -4.18. The average molecular weight is 561 g/mol. The average Bonchev–Trinajstić information content (AvgIpc) is 2.81. The monoisotopic (exact) mass is 561 g/mol. The summed E-state index contributed by atoms with van der Waals surface area (Å²) in [4.78, 5) is 37.8. The molecule has 0 heterocycles. The van der Waals surface area contributed by atoms with Crippen LogP contribution in [0, 0.1) is 30.3 Å². The van der Waals surface area contributed by atoms with Gasteiger partial charge in [-0.1, -0.05) is 24.3 Å². The topological polar surface area (TPSA) is 207 Å². The fraction of sp³-hybridized carbons (Fsp3) is 0.136. The molecule has 210 valence electrons. The van der Waals surface area contributed by atoms with Crippen LogP contribution in [0.5, 0.6) is 17.2 Å². The number of aldehydes is 1. The number of rotatable bonds is 5. The molecule has 0 bridgehead atoms. The lowest BCUT2D eigenvalue weighted by atomic mass is 9.90. The summed E-state index contributed by atoms with van der Waals surface area (Å²) < 4.78 is 40.5. The number of hydrogen-bond donors (Lipinski definition) is 3. The summed E-state index contributed by atoms with van der Waals surface area (Å²) in [6, 6.07) is 9.78. The highest BCUT2D eigenvalue weighted by atomic mass is 19.4. The van der Waals surface area contributed by atoms with Gasteiger partial charge in [0.2, 0.25) is 0 Å². The van der Waals surface area contributed by atoms with Crippen LogP contribution in [0.3, 0.4) is 0 Å². The zero-order chi connectivity index (χ0) is 29.2. The number of halogens is 4. The summed E-state index contributed by atoms with van der Waals surface area (Å²) in [5.74, 6) is -4.35. The summed E-state index contributed by atoms with van der Waals surface area (Å²) in [5.41, 5.74) is -3.29. The van der Waals surface area contributed by atoms with Crippen molar-refractivity contribution in [2.75, 3.05) is 0 Å². The first kappa shape index (κ1) is 33.7. The highest BCUT2D eigenvalue weighted by Crippen LogP contribution is 2.44. The van der Waals surface area contributed by atoms with Crippen LogP contribution in [-0.2, 0) is 4.79 Å². The van der Waals surface area contributed by atoms with Crippen molar-refractivity contribution in [1.29, 1.82) is 0 Å². The third-order valence-corrected chi connectivity index (χ3v) is 4.46. The maximum atomic E-state index is 13.5. The maximum absolute atomic E-state index is 13.5. The molecule has 0 aromatic heterocycles. The number of nitrogens with zero attached hydrogens (tertiary/aromatic N) is 3. The Morgan fingerprint density at radius 2 is 1.05 bits per heavy atom. The van der Waals surface area contributed by atoms with Gasteiger partial charge in [-0.05, 0) is 36.2 Å². The van der Waals surface area contributed by atoms with E-state index < -0.39 is 60.9 Å². The van der Waals surface area contributed by atoms with Gasteiger partial charge >= 0.3 is 23.2 Å². The van der Waals surface area contributed by atoms with E-state index in [1.54, 1.807) is 0 Å². The Morgan fingerprint density at radius 1 is 0.718 bits per heavy atom. The second kappa shape index (κ2) is 14.4. The number of nitro groups is 3. The van der Waals surface area contributed by atoms with Gasteiger partial charge in [-0.25, -0.2) is 0 Å². The minimum Gasteiger partial charge on any atom is -0.502 e. The first-order valence-electron chi connectivity index (χ1n) is 9.99. The Morgan fingerprint density at radius 3 is 1.33 bits per heavy atom. The molecule has 0 aliphatic heterocycles. The number of carbonyl (C=O) groups is 1. The molecule has 3 rings (SSSR count). The predicted octanol–water partition coefficient (Wildman–Crippen LogP) is 5.27. The molecule has 0 saturated carbocycles. The quantitative estimate of drug-likeness (QED) is 0.159. The molecule has 0 aliphatic rings. The molecular formula is C22H19F4N3O10. The number of carbonyl (C=O) groups excluding carboxylic acids is 1. The zero-order valence-corrected chi connectivity index (χ0v) is 19.5. The van der Waals surface area contributed by atoms with Crippen LogP contribution in [0.1, 0.15) is 24.0 Å². The van der Waals surface area contributed by atoms with Gasteiger partial charge in [-0.2, -0.15) is 13.2 Å². The maximum Gasteiger partial charge on any atom is 0.399 e. The number of benzene rings is 3. The molecule has 0 fully saturated rings. The number of hydrogen-bond acceptors (Lipinski definition) is 10. The minimum atomic E-state index is -4.93. The second-order valence-corrected chi connectivity index (χ2v) is 6.97. The van der Waals surface area contributed by atoms with Gasteiger partial charge in [0.15, 0.2) is 17.2 Å². The van der Waals surface area contributed by atoms with Crippen molar-refractivity contribution >= 4 is 23.3 Å². The van der Waals surface area contributed by atoms with Gasteiger partial charge in [0, 0.05) is 18.2 Å². The van der Waals surface area contributed by atoms with Crippen molar-refractivity contribution in [2.24, 2.45) is 0 Å². The fourth-order valence-corrected chi connectivity index (χ4v) is 2.92. The number of para-hydroxylation sites is 2. The van der Waals surface area contributed by atoms with E-state index in [-0.39, 0.29) is 16.1 Å². The van der Waals surface area contributed by atoms with Gasteiger partial charge in [-0.3, -0.25) is 35.0 Å². The third kappa shape index (κ3) is 9.23. The lowest BCUT2D eigenvalue weighted by molar-refractivity contribution is -0.386. The van der Waals surface area contributed by atoms with E-state index in [2.05, 4.69) is 0 Å². The van der Waals surface area contributed by atoms with Crippen molar-refractivity contribution in [2.45, 2.75) is 19.0 Å². The van der Waals surface area contributed by atoms with E-state index in [0.29, 0.717) is 12.1 Å². The highest BCUT2D eigenvalue weighted by molar-refractivity contribution is 5.54. The molecule has 0 saturated heterocycles. The largest absolute Gasteiger partial charge is 0.502 e. The third-order valence-electron chi connectivity index (χ3n) is 4.46. The van der Waals surface area contributed by atoms with Crippen LogP contribution < -0.4 is 0 Å². The summed E-state index contributed by atoms with van der Waals surface area (Å²) in [6.45, 7) is 1.44. The fourth-order valence-electron chi connectivity index (χ4n) is 2.92. The Hall–Kier alpha value is -5.35. The van der Waals surface area contributed by atoms with E-state index in [1.165, 1.54) is 31.2 Å². The van der Waals surface area contributed by atoms with Crippen LogP contribution in [0.25, 0.3) is 0 Å². The molecule has 0 radical (unpaired) electrons. The summed E-state index contributed by atoms with van der Waals surface area (Å²) in [7, 11) is 0. The number of aromatic hydroxyl groups is 3. The van der Waals surface area contributed by atoms with Crippen molar-refractivity contribution in [3.63, 3.8) is 0 Å². The molecule has 0 aliphatic carbocycles. The van der Waals surface area contributed by atoms with E-state index in [9.17, 15) is 53.7 Å². The molecule has 39 heavy (non-hydrogen) atoms. The molecule has 3 aromatic rings. The van der Waals surface area contributed by atoms with Gasteiger partial charge in [-0.15, -0.1) is 0 Å². The highest BCUT2D eigenvalue weighted by Gasteiger charge is 2.43. The standard InChI is InChI=1S/C14H9F3N2O6.C6H5NO3.C2H4O.FH/c15-14(16,17)13(7-1-3-11(20)9(5-7)18(22)23)8-2-4-12(21)10(6-8)19(24)25;8-6-4-2-1-3-5(6)7(9)10;1-2-3;/h1-6,13,20-21H;1-4,8H;2H,1H3;1H. The molecule has 13 nitrogen and oxygen atoms in total. The van der Waals surface area contributed by atoms with Crippen molar-refractivity contribution in [3.05, 3.63) is 102 Å². The SMILES string of the molecule is CC=O.F.O=[N+]([O-])c1cc(C(c2ccc(O)c([N+](=O)[O-])c2)C(F)(F)F)ccc1O.O=[N+]([O-])c1ccccc1O. The lowest BCUT2D eigenvalue weighted by Crippen LogP contribution is -2.22. The molecule has 3 aromatic carbocycles. The van der Waals surface area contributed by atoms with Gasteiger partial charge in [0.25, 0.3) is 0 Å². The van der Waals surface area contributed by atoms with E-state index in [0.717, 1.165) is 30.6 Å². The molecule has 3 N–H and O–H groups in total. The smallest absolute Gasteiger partial charge is 0.399 e. The number of alkyl halides is 3. The van der Waals surface area contributed by atoms with Gasteiger partial charge in [0.05, 0.1) is 14.8 Å². The Balaban J connectivity index is 0.000000858. The summed E-state index contributed by atoms with van der Waals surface area (Å²) >= 11 is 0. The van der Waals surface area contributed by atoms with Crippen LogP contribution in [0.15, 0.2) is 60.7 Å². The Bertz CT molecular complexity index is 1270. The van der Waals surface area contributed by atoms with Gasteiger partial charge < -0.3 is 20.1 Å². The Labute approximate surface area is 215 Å². The molecule has 0 spiro atoms. The number of phenols is 3. The molecule has 0 unspecified atom stereocenters. The molecule has 17 heteroatoms. The van der Waals surface area contributed by atoms with Crippen LogP contribution in [-0.4, -0.2) is 42.6 Å². The van der Waals surface area contributed by atoms with Crippen LogP contribution >= 0.6 is 0 Å². The molecule has 0 atom stereocenters. The van der Waals surface area contributed by atoms with Crippen LogP contribution in [0.4, 0.5) is 34.9 Å². The van der Waals surface area contributed by atoms with E-state index in [1.807, 2.05) is 0 Å².